The molecule has 3 rings (SSSR count). The minimum Gasteiger partial charge on any atom is -0.497 e. The van der Waals surface area contributed by atoms with E-state index in [1.54, 1.807) is 25.3 Å². The molecule has 106 valence electrons. The molecule has 0 saturated heterocycles. The third-order valence-electron chi connectivity index (χ3n) is 3.07. The van der Waals surface area contributed by atoms with Crippen LogP contribution in [0.3, 0.4) is 0 Å². The zero-order chi connectivity index (χ0) is 14.8. The first-order valence-electron chi connectivity index (χ1n) is 6.31. The van der Waals surface area contributed by atoms with E-state index in [2.05, 4.69) is 21.2 Å². The monoisotopic (exact) mass is 345 g/mol. The van der Waals surface area contributed by atoms with Crippen LogP contribution in [0.1, 0.15) is 10.6 Å². The van der Waals surface area contributed by atoms with Crippen molar-refractivity contribution in [3.8, 4) is 5.75 Å². The lowest BCUT2D eigenvalue weighted by molar-refractivity contribution is 0.0998. The molecule has 0 spiro atoms. The number of amides is 1. The van der Waals surface area contributed by atoms with E-state index in [0.717, 1.165) is 9.86 Å². The van der Waals surface area contributed by atoms with Crippen LogP contribution in [0.25, 0.3) is 11.0 Å². The summed E-state index contributed by atoms with van der Waals surface area (Å²) in [7, 11) is 1.58. The molecule has 0 atom stereocenters. The lowest BCUT2D eigenvalue weighted by atomic mass is 10.2. The van der Waals surface area contributed by atoms with Gasteiger partial charge in [0.05, 0.1) is 12.8 Å². The van der Waals surface area contributed by atoms with E-state index < -0.39 is 0 Å². The summed E-state index contributed by atoms with van der Waals surface area (Å²) in [6.45, 7) is 0. The quantitative estimate of drug-likeness (QED) is 0.762. The molecule has 4 nitrogen and oxygen atoms in total. The number of halogens is 1. The molecule has 0 unspecified atom stereocenters. The van der Waals surface area contributed by atoms with Crippen molar-refractivity contribution in [3.63, 3.8) is 0 Å². The summed E-state index contributed by atoms with van der Waals surface area (Å²) < 4.78 is 11.5. The first-order chi connectivity index (χ1) is 10.2. The van der Waals surface area contributed by atoms with Crippen molar-refractivity contribution >= 4 is 38.5 Å². The lowest BCUT2D eigenvalue weighted by Gasteiger charge is -2.08. The summed E-state index contributed by atoms with van der Waals surface area (Å²) in [6.07, 6.45) is 0. The van der Waals surface area contributed by atoms with Crippen LogP contribution < -0.4 is 10.1 Å². The molecule has 21 heavy (non-hydrogen) atoms. The molecular weight excluding hydrogens is 334 g/mol. The fraction of sp³-hybridized carbons (Fsp3) is 0.0625. The Bertz CT molecular complexity index is 777. The number of methoxy groups -OCH3 is 1. The number of carbonyl (C=O) groups is 1. The summed E-state index contributed by atoms with van der Waals surface area (Å²) >= 11 is 3.39. The van der Waals surface area contributed by atoms with Crippen molar-refractivity contribution in [2.75, 3.05) is 12.4 Å². The van der Waals surface area contributed by atoms with Crippen LogP contribution >= 0.6 is 15.9 Å². The Labute approximate surface area is 129 Å². The molecule has 0 aliphatic carbocycles. The van der Waals surface area contributed by atoms with Crippen LogP contribution in [0.4, 0.5) is 5.69 Å². The predicted molar refractivity (Wildman–Crippen MR) is 84.9 cm³/mol. The Kier molecular flexibility index (Phi) is 3.66. The van der Waals surface area contributed by atoms with Gasteiger partial charge in [-0.2, -0.15) is 0 Å². The maximum Gasteiger partial charge on any atom is 0.291 e. The van der Waals surface area contributed by atoms with Gasteiger partial charge in [0.15, 0.2) is 5.76 Å². The highest BCUT2D eigenvalue weighted by Crippen LogP contribution is 2.28. The van der Waals surface area contributed by atoms with E-state index in [-0.39, 0.29) is 11.7 Å². The Morgan fingerprint density at radius 1 is 1.19 bits per heavy atom. The molecule has 1 amide bonds. The van der Waals surface area contributed by atoms with Gasteiger partial charge in [-0.25, -0.2) is 0 Å². The zero-order valence-electron chi connectivity index (χ0n) is 11.2. The van der Waals surface area contributed by atoms with E-state index >= 15 is 0 Å². The Balaban J connectivity index is 1.89. The molecule has 1 N–H and O–H groups in total. The first kappa shape index (κ1) is 13.7. The van der Waals surface area contributed by atoms with Gasteiger partial charge >= 0.3 is 0 Å². The molecule has 2 aromatic carbocycles. The molecule has 0 aliphatic rings. The second-order valence-electron chi connectivity index (χ2n) is 4.45. The average Bonchev–Trinajstić information content (AvgIpc) is 2.93. The number of furan rings is 1. The standard InChI is InChI=1S/C16H12BrNO3/c1-20-11-6-7-12(17)13(9-11)18-16(19)15-8-10-4-2-3-5-14(10)21-15/h2-9H,1H3,(H,18,19). The second kappa shape index (κ2) is 5.61. The summed E-state index contributed by atoms with van der Waals surface area (Å²) in [4.78, 5) is 12.3. The normalized spacial score (nSPS) is 10.6. The van der Waals surface area contributed by atoms with Crippen LogP contribution in [0.15, 0.2) is 57.4 Å². The number of carbonyl (C=O) groups excluding carboxylic acids is 1. The summed E-state index contributed by atoms with van der Waals surface area (Å²) in [5.74, 6) is 0.629. The van der Waals surface area contributed by atoms with Gasteiger partial charge < -0.3 is 14.5 Å². The fourth-order valence-corrected chi connectivity index (χ4v) is 2.35. The van der Waals surface area contributed by atoms with Gasteiger partial charge in [-0.05, 0) is 40.2 Å². The zero-order valence-corrected chi connectivity index (χ0v) is 12.8. The summed E-state index contributed by atoms with van der Waals surface area (Å²) in [5.41, 5.74) is 1.31. The predicted octanol–water partition coefficient (Wildman–Crippen LogP) is 4.46. The molecule has 0 aliphatic heterocycles. The highest BCUT2D eigenvalue weighted by atomic mass is 79.9. The number of hydrogen-bond donors (Lipinski definition) is 1. The van der Waals surface area contributed by atoms with E-state index in [4.69, 9.17) is 9.15 Å². The van der Waals surface area contributed by atoms with Crippen LogP contribution in [0, 0.1) is 0 Å². The second-order valence-corrected chi connectivity index (χ2v) is 5.30. The van der Waals surface area contributed by atoms with Gasteiger partial charge in [0, 0.05) is 15.9 Å². The number of nitrogens with one attached hydrogen (secondary N) is 1. The maximum atomic E-state index is 12.3. The van der Waals surface area contributed by atoms with Gasteiger partial charge in [-0.3, -0.25) is 4.79 Å². The van der Waals surface area contributed by atoms with Crippen molar-refractivity contribution in [1.82, 2.24) is 0 Å². The highest BCUT2D eigenvalue weighted by molar-refractivity contribution is 9.10. The number of para-hydroxylation sites is 1. The van der Waals surface area contributed by atoms with E-state index in [1.807, 2.05) is 30.3 Å². The van der Waals surface area contributed by atoms with Crippen molar-refractivity contribution in [3.05, 3.63) is 58.8 Å². The van der Waals surface area contributed by atoms with Crippen molar-refractivity contribution in [2.45, 2.75) is 0 Å². The molecule has 1 heterocycles. The van der Waals surface area contributed by atoms with Crippen molar-refractivity contribution in [1.29, 1.82) is 0 Å². The Morgan fingerprint density at radius 2 is 2.00 bits per heavy atom. The third kappa shape index (κ3) is 2.78. The largest absolute Gasteiger partial charge is 0.497 e. The highest BCUT2D eigenvalue weighted by Gasteiger charge is 2.14. The summed E-state index contributed by atoms with van der Waals surface area (Å²) in [6, 6.07) is 14.6. The van der Waals surface area contributed by atoms with Gasteiger partial charge in [-0.1, -0.05) is 18.2 Å². The topological polar surface area (TPSA) is 51.5 Å². The molecule has 0 radical (unpaired) electrons. The van der Waals surface area contributed by atoms with Crippen molar-refractivity contribution < 1.29 is 13.9 Å². The van der Waals surface area contributed by atoms with Crippen LogP contribution in [-0.4, -0.2) is 13.0 Å². The van der Waals surface area contributed by atoms with Crippen molar-refractivity contribution in [2.24, 2.45) is 0 Å². The number of hydrogen-bond acceptors (Lipinski definition) is 3. The van der Waals surface area contributed by atoms with Gasteiger partial charge in [-0.15, -0.1) is 0 Å². The smallest absolute Gasteiger partial charge is 0.291 e. The van der Waals surface area contributed by atoms with Gasteiger partial charge in [0.25, 0.3) is 5.91 Å². The molecular formula is C16H12BrNO3. The number of benzene rings is 2. The maximum absolute atomic E-state index is 12.3. The van der Waals surface area contributed by atoms with E-state index in [9.17, 15) is 4.79 Å². The number of fused-ring (bicyclic) bond motifs is 1. The average molecular weight is 346 g/mol. The molecule has 1 aromatic heterocycles. The summed E-state index contributed by atoms with van der Waals surface area (Å²) in [5, 5.41) is 3.70. The van der Waals surface area contributed by atoms with E-state index in [0.29, 0.717) is 17.0 Å². The minimum atomic E-state index is -0.305. The number of anilines is 1. The van der Waals surface area contributed by atoms with Gasteiger partial charge in [0.2, 0.25) is 0 Å². The SMILES string of the molecule is COc1ccc(Br)c(NC(=O)c2cc3ccccc3o2)c1. The fourth-order valence-electron chi connectivity index (χ4n) is 2.00. The number of ether oxygens (including phenoxy) is 1. The molecule has 0 bridgehead atoms. The molecule has 3 aromatic rings. The molecule has 5 heteroatoms. The Hall–Kier alpha value is -2.27. The molecule has 0 fully saturated rings. The van der Waals surface area contributed by atoms with Crippen LogP contribution in [-0.2, 0) is 0 Å². The minimum absolute atomic E-state index is 0.269. The van der Waals surface area contributed by atoms with E-state index in [1.165, 1.54) is 0 Å². The Morgan fingerprint density at radius 3 is 2.76 bits per heavy atom. The van der Waals surface area contributed by atoms with Crippen LogP contribution in [0.5, 0.6) is 5.75 Å². The number of rotatable bonds is 3. The van der Waals surface area contributed by atoms with Crippen LogP contribution in [0.2, 0.25) is 0 Å². The third-order valence-corrected chi connectivity index (χ3v) is 3.76. The first-order valence-corrected chi connectivity index (χ1v) is 7.10. The lowest BCUT2D eigenvalue weighted by Crippen LogP contribution is -2.11. The van der Waals surface area contributed by atoms with Gasteiger partial charge in [0.1, 0.15) is 11.3 Å². The molecule has 0 saturated carbocycles.